The van der Waals surface area contributed by atoms with Gasteiger partial charge in [0.2, 0.25) is 0 Å². The van der Waals surface area contributed by atoms with Gasteiger partial charge >= 0.3 is 5.97 Å². The number of carboxylic acid groups (broad SMARTS) is 1. The average molecular weight is 430 g/mol. The van der Waals surface area contributed by atoms with Crippen LogP contribution in [0, 0.1) is 5.82 Å². The Bertz CT molecular complexity index is 953. The Morgan fingerprint density at radius 3 is 2.69 bits per heavy atom. The van der Waals surface area contributed by atoms with Crippen LogP contribution in [0.25, 0.3) is 0 Å². The third-order valence-corrected chi connectivity index (χ3v) is 4.48. The first kappa shape index (κ1) is 13.4. The first-order valence-corrected chi connectivity index (χ1v) is 7.89. The molecule has 2 aromatic rings. The molecular formula is C20H23BrFNO3. The summed E-state index contributed by atoms with van der Waals surface area (Å²) in [4.78, 5) is 11.8. The van der Waals surface area contributed by atoms with Gasteiger partial charge in [-0.25, -0.2) is 9.18 Å². The van der Waals surface area contributed by atoms with Crippen LogP contribution in [-0.2, 0) is 16.9 Å². The van der Waals surface area contributed by atoms with Crippen LogP contribution >= 0.6 is 17.0 Å². The average Bonchev–Trinajstić information content (AvgIpc) is 3.03. The van der Waals surface area contributed by atoms with Gasteiger partial charge in [-0.15, -0.1) is 17.0 Å². The van der Waals surface area contributed by atoms with Crippen molar-refractivity contribution in [3.05, 3.63) is 70.5 Å². The zero-order valence-corrected chi connectivity index (χ0v) is 15.6. The summed E-state index contributed by atoms with van der Waals surface area (Å²) in [6.45, 7) is -5.70. The minimum Gasteiger partial charge on any atom is -0.478 e. The summed E-state index contributed by atoms with van der Waals surface area (Å²) >= 11 is 0. The van der Waals surface area contributed by atoms with E-state index in [9.17, 15) is 14.3 Å². The van der Waals surface area contributed by atoms with Gasteiger partial charge in [-0.05, 0) is 74.3 Å². The van der Waals surface area contributed by atoms with Crippen LogP contribution < -0.4 is 0 Å². The van der Waals surface area contributed by atoms with Crippen molar-refractivity contribution in [1.82, 2.24) is 4.90 Å². The number of carboxylic acids is 1. The fourth-order valence-electron chi connectivity index (χ4n) is 3.31. The van der Waals surface area contributed by atoms with Crippen LogP contribution in [0.3, 0.4) is 0 Å². The standard InChI is InChI=1S/C20H22FNO3.BrH/c1-22(2)11-3-10-20(16-5-7-17(21)8-6-16)18-9-4-14(19(23)24)12-15(18)13-25-20;/h4-9,12H,3,10-11,13H2,1-2H3,(H,23,24);1H/i1D3,2D3;. The van der Waals surface area contributed by atoms with E-state index < -0.39 is 31.3 Å². The Hall–Kier alpha value is -1.76. The minimum atomic E-state index is -2.79. The molecule has 0 aliphatic carbocycles. The molecule has 0 aromatic heterocycles. The lowest BCUT2D eigenvalue weighted by molar-refractivity contribution is -0.0140. The van der Waals surface area contributed by atoms with Crippen molar-refractivity contribution in [2.24, 2.45) is 0 Å². The molecule has 1 atom stereocenters. The molecule has 6 heteroatoms. The third-order valence-electron chi connectivity index (χ3n) is 4.48. The topological polar surface area (TPSA) is 49.8 Å². The number of halogens is 2. The number of carbonyl (C=O) groups is 1. The Morgan fingerprint density at radius 1 is 1.31 bits per heavy atom. The number of rotatable bonds is 6. The van der Waals surface area contributed by atoms with Gasteiger partial charge < -0.3 is 14.7 Å². The minimum absolute atomic E-state index is 0. The zero-order valence-electron chi connectivity index (χ0n) is 19.9. The van der Waals surface area contributed by atoms with Crippen LogP contribution in [-0.4, -0.2) is 36.5 Å². The smallest absolute Gasteiger partial charge is 0.335 e. The van der Waals surface area contributed by atoms with Crippen LogP contribution in [0.5, 0.6) is 0 Å². The molecule has 1 aliphatic heterocycles. The van der Waals surface area contributed by atoms with Gasteiger partial charge in [0.25, 0.3) is 0 Å². The molecule has 26 heavy (non-hydrogen) atoms. The number of aromatic carboxylic acids is 1. The van der Waals surface area contributed by atoms with Crippen LogP contribution in [0.4, 0.5) is 4.39 Å². The second-order valence-corrected chi connectivity index (χ2v) is 6.05. The second kappa shape index (κ2) is 8.29. The van der Waals surface area contributed by atoms with Gasteiger partial charge in [0.15, 0.2) is 0 Å². The third kappa shape index (κ3) is 3.98. The van der Waals surface area contributed by atoms with E-state index in [1.54, 1.807) is 18.2 Å². The van der Waals surface area contributed by atoms with Crippen molar-refractivity contribution in [3.63, 3.8) is 0 Å². The van der Waals surface area contributed by atoms with E-state index in [0.29, 0.717) is 21.6 Å². The van der Waals surface area contributed by atoms with Crippen molar-refractivity contribution in [2.45, 2.75) is 25.0 Å². The molecule has 0 fully saturated rings. The quantitative estimate of drug-likeness (QED) is 0.746. The van der Waals surface area contributed by atoms with Crippen molar-refractivity contribution in [1.29, 1.82) is 0 Å². The monoisotopic (exact) mass is 429 g/mol. The summed E-state index contributed by atoms with van der Waals surface area (Å²) in [5.74, 6) is -1.51. The normalized spacial score (nSPS) is 22.8. The lowest BCUT2D eigenvalue weighted by Gasteiger charge is -2.31. The highest BCUT2D eigenvalue weighted by Gasteiger charge is 2.41. The lowest BCUT2D eigenvalue weighted by Crippen LogP contribution is -2.28. The van der Waals surface area contributed by atoms with Crippen molar-refractivity contribution >= 4 is 23.0 Å². The molecule has 1 aliphatic rings. The molecular weight excluding hydrogens is 401 g/mol. The predicted octanol–water partition coefficient (Wildman–Crippen LogP) is 4.22. The molecule has 4 nitrogen and oxygen atoms in total. The van der Waals surface area contributed by atoms with Gasteiger partial charge in [-0.1, -0.05) is 18.2 Å². The highest BCUT2D eigenvalue weighted by Crippen LogP contribution is 2.45. The van der Waals surface area contributed by atoms with Gasteiger partial charge in [-0.3, -0.25) is 0 Å². The van der Waals surface area contributed by atoms with E-state index in [1.165, 1.54) is 24.3 Å². The maximum absolute atomic E-state index is 13.5. The molecule has 0 saturated heterocycles. The van der Waals surface area contributed by atoms with Crippen molar-refractivity contribution in [3.8, 4) is 0 Å². The number of ether oxygens (including phenoxy) is 1. The summed E-state index contributed by atoms with van der Waals surface area (Å²) in [6.07, 6.45) is 0.384. The number of hydrogen-bond donors (Lipinski definition) is 1. The van der Waals surface area contributed by atoms with E-state index in [1.807, 2.05) is 0 Å². The highest BCUT2D eigenvalue weighted by atomic mass is 79.9. The Labute approximate surface area is 171 Å². The number of fused-ring (bicyclic) bond motifs is 1. The summed E-state index contributed by atoms with van der Waals surface area (Å²) in [6, 6.07) is 10.3. The van der Waals surface area contributed by atoms with Gasteiger partial charge in [0.1, 0.15) is 11.4 Å². The van der Waals surface area contributed by atoms with Crippen LogP contribution in [0.2, 0.25) is 0 Å². The molecule has 0 bridgehead atoms. The fourth-order valence-corrected chi connectivity index (χ4v) is 3.31. The Morgan fingerprint density at radius 2 is 2.04 bits per heavy atom. The molecule has 1 N–H and O–H groups in total. The number of benzene rings is 2. The molecule has 3 rings (SSSR count). The lowest BCUT2D eigenvalue weighted by atomic mass is 9.81. The summed E-state index contributed by atoms with van der Waals surface area (Å²) in [5.41, 5.74) is 0.999. The molecule has 0 saturated carbocycles. The van der Waals surface area contributed by atoms with E-state index in [2.05, 4.69) is 0 Å². The number of hydrogen-bond acceptors (Lipinski definition) is 3. The molecule has 0 amide bonds. The maximum Gasteiger partial charge on any atom is 0.335 e. The Balaban J connectivity index is 0.00000363. The molecule has 0 spiro atoms. The SMILES string of the molecule is Br.[2H]C([2H])([2H])N(CCCC1(c2ccc(F)cc2)OCc2cc(C(=O)O)ccc21)C([2H])([2H])[2H]. The zero-order chi connectivity index (χ0) is 23.0. The number of nitrogens with zero attached hydrogens (tertiary/aromatic N) is 1. The van der Waals surface area contributed by atoms with Crippen molar-refractivity contribution in [2.75, 3.05) is 20.5 Å². The molecule has 2 aromatic carbocycles. The summed E-state index contributed by atoms with van der Waals surface area (Å²) in [7, 11) is 0. The first-order chi connectivity index (χ1) is 14.3. The van der Waals surface area contributed by atoms with E-state index in [4.69, 9.17) is 13.0 Å². The largest absolute Gasteiger partial charge is 0.478 e. The van der Waals surface area contributed by atoms with E-state index in [0.717, 1.165) is 0 Å². The van der Waals surface area contributed by atoms with Gasteiger partial charge in [0, 0.05) is 8.22 Å². The summed E-state index contributed by atoms with van der Waals surface area (Å²) in [5, 5.41) is 9.25. The predicted molar refractivity (Wildman–Crippen MR) is 103 cm³/mol. The van der Waals surface area contributed by atoms with Gasteiger partial charge in [-0.2, -0.15) is 0 Å². The Kier molecular flexibility index (Phi) is 4.28. The molecule has 1 heterocycles. The van der Waals surface area contributed by atoms with E-state index in [-0.39, 0.29) is 48.5 Å². The molecule has 140 valence electrons. The first-order valence-electron chi connectivity index (χ1n) is 10.9. The van der Waals surface area contributed by atoms with Crippen LogP contribution in [0.15, 0.2) is 42.5 Å². The maximum atomic E-state index is 13.5. The van der Waals surface area contributed by atoms with Crippen molar-refractivity contribution < 1.29 is 27.3 Å². The molecule has 1 unspecified atom stereocenters. The van der Waals surface area contributed by atoms with Crippen LogP contribution in [0.1, 0.15) is 48.1 Å². The molecule has 0 radical (unpaired) electrons. The summed E-state index contributed by atoms with van der Waals surface area (Å²) < 4.78 is 64.8. The van der Waals surface area contributed by atoms with E-state index >= 15 is 0 Å². The highest BCUT2D eigenvalue weighted by molar-refractivity contribution is 8.93. The van der Waals surface area contributed by atoms with Gasteiger partial charge in [0.05, 0.1) is 12.2 Å². The second-order valence-electron chi connectivity index (χ2n) is 6.05. The fraction of sp³-hybridized carbons (Fsp3) is 0.350.